The number of nitrogens with zero attached hydrogens (tertiary/aromatic N) is 3. The molecule has 1 aromatic heterocycles. The molecule has 0 atom stereocenters. The van der Waals surface area contributed by atoms with Crippen LogP contribution in [0.15, 0.2) is 0 Å². The van der Waals surface area contributed by atoms with Gasteiger partial charge in [-0.25, -0.2) is 9.48 Å². The smallest absolute Gasteiger partial charge is 0.358 e. The number of carbonyl (C=O) groups is 2. The van der Waals surface area contributed by atoms with Gasteiger partial charge in [-0.1, -0.05) is 12.1 Å². The Morgan fingerprint density at radius 1 is 1.47 bits per heavy atom. The quantitative estimate of drug-likeness (QED) is 0.653. The van der Waals surface area contributed by atoms with E-state index in [1.807, 2.05) is 20.8 Å². The normalized spacial score (nSPS) is 11.4. The van der Waals surface area contributed by atoms with E-state index >= 15 is 0 Å². The van der Waals surface area contributed by atoms with Crippen molar-refractivity contribution in [3.63, 3.8) is 0 Å². The summed E-state index contributed by atoms with van der Waals surface area (Å²) in [5, 5.41) is 18.9. The average Bonchev–Trinajstić information content (AvgIpc) is 2.71. The molecule has 0 saturated heterocycles. The molecule has 0 aliphatic carbocycles. The Hall–Kier alpha value is -1.96. The fourth-order valence-corrected chi connectivity index (χ4v) is 1.47. The molecule has 0 saturated carbocycles. The molecule has 0 spiro atoms. The van der Waals surface area contributed by atoms with Crippen LogP contribution in [0, 0.1) is 0 Å². The van der Waals surface area contributed by atoms with Gasteiger partial charge in [-0.2, -0.15) is 0 Å². The second-order valence-corrected chi connectivity index (χ2v) is 4.84. The van der Waals surface area contributed by atoms with Gasteiger partial charge in [0.1, 0.15) is 6.54 Å². The lowest BCUT2D eigenvalue weighted by atomic mass is 10.0. The molecule has 0 radical (unpaired) electrons. The third-order valence-electron chi connectivity index (χ3n) is 2.89. The summed E-state index contributed by atoms with van der Waals surface area (Å²) in [7, 11) is 0. The molecule has 8 heteroatoms. The fourth-order valence-electron chi connectivity index (χ4n) is 1.47. The van der Waals surface area contributed by atoms with Crippen molar-refractivity contribution >= 4 is 11.9 Å². The van der Waals surface area contributed by atoms with Crippen molar-refractivity contribution in [3.8, 4) is 0 Å². The van der Waals surface area contributed by atoms with Crippen LogP contribution < -0.4 is 11.1 Å². The van der Waals surface area contributed by atoms with Crippen LogP contribution in [0.3, 0.4) is 0 Å². The first-order valence-corrected chi connectivity index (χ1v) is 5.97. The van der Waals surface area contributed by atoms with Crippen molar-refractivity contribution in [2.75, 3.05) is 0 Å². The summed E-state index contributed by atoms with van der Waals surface area (Å²) in [6.45, 7) is 5.62. The maximum absolute atomic E-state index is 11.8. The van der Waals surface area contributed by atoms with Gasteiger partial charge in [-0.05, 0) is 20.3 Å². The van der Waals surface area contributed by atoms with Crippen LogP contribution in [0.25, 0.3) is 0 Å². The molecule has 0 unspecified atom stereocenters. The summed E-state index contributed by atoms with van der Waals surface area (Å²) >= 11 is 0. The number of carbonyl (C=O) groups excluding carboxylic acids is 1. The number of nitrogens with one attached hydrogen (secondary N) is 1. The number of aromatic nitrogens is 3. The molecule has 0 aliphatic heterocycles. The van der Waals surface area contributed by atoms with Crippen LogP contribution in [0.5, 0.6) is 0 Å². The van der Waals surface area contributed by atoms with E-state index in [-0.39, 0.29) is 35.9 Å². The molecule has 1 rings (SSSR count). The Bertz CT molecular complexity index is 481. The predicted octanol–water partition coefficient (Wildman–Crippen LogP) is -0.260. The average molecular weight is 269 g/mol. The zero-order valence-corrected chi connectivity index (χ0v) is 11.3. The van der Waals surface area contributed by atoms with Gasteiger partial charge in [0.15, 0.2) is 5.69 Å². The minimum absolute atomic E-state index is 0.0426. The summed E-state index contributed by atoms with van der Waals surface area (Å²) < 4.78 is 1.21. The lowest BCUT2D eigenvalue weighted by molar-refractivity contribution is -0.123. The summed E-state index contributed by atoms with van der Waals surface area (Å²) in [4.78, 5) is 22.7. The number of rotatable bonds is 6. The second kappa shape index (κ2) is 5.79. The molecule has 19 heavy (non-hydrogen) atoms. The van der Waals surface area contributed by atoms with E-state index in [0.717, 1.165) is 6.42 Å². The van der Waals surface area contributed by atoms with Crippen molar-refractivity contribution in [1.82, 2.24) is 20.3 Å². The van der Waals surface area contributed by atoms with Crippen molar-refractivity contribution < 1.29 is 14.7 Å². The number of carboxylic acids is 1. The highest BCUT2D eigenvalue weighted by Crippen LogP contribution is 2.08. The monoisotopic (exact) mass is 269 g/mol. The van der Waals surface area contributed by atoms with E-state index in [0.29, 0.717) is 0 Å². The van der Waals surface area contributed by atoms with Crippen LogP contribution in [-0.4, -0.2) is 37.5 Å². The summed E-state index contributed by atoms with van der Waals surface area (Å²) in [5.41, 5.74) is 5.16. The van der Waals surface area contributed by atoms with Crippen molar-refractivity contribution in [3.05, 3.63) is 11.4 Å². The third-order valence-corrected chi connectivity index (χ3v) is 2.89. The van der Waals surface area contributed by atoms with Gasteiger partial charge < -0.3 is 16.2 Å². The molecule has 0 fully saturated rings. The molecule has 1 heterocycles. The summed E-state index contributed by atoms with van der Waals surface area (Å²) in [6, 6.07) is 0. The van der Waals surface area contributed by atoms with Gasteiger partial charge in [-0.3, -0.25) is 4.79 Å². The molecule has 0 bridgehead atoms. The molecule has 8 nitrogen and oxygen atoms in total. The topological polar surface area (TPSA) is 123 Å². The third kappa shape index (κ3) is 3.75. The van der Waals surface area contributed by atoms with Crippen LogP contribution in [0.1, 0.15) is 43.4 Å². The molecule has 1 amide bonds. The number of nitrogens with two attached hydrogens (primary N) is 1. The zero-order valence-electron chi connectivity index (χ0n) is 11.3. The Kier molecular flexibility index (Phi) is 4.60. The largest absolute Gasteiger partial charge is 0.476 e. The lowest BCUT2D eigenvalue weighted by Crippen LogP contribution is -2.44. The number of hydrogen-bond acceptors (Lipinski definition) is 5. The fraction of sp³-hybridized carbons (Fsp3) is 0.636. The molecule has 4 N–H and O–H groups in total. The van der Waals surface area contributed by atoms with Crippen LogP contribution >= 0.6 is 0 Å². The van der Waals surface area contributed by atoms with Gasteiger partial charge in [0, 0.05) is 12.1 Å². The SMILES string of the molecule is CCC(C)(C)NC(=O)Cn1nnc(C(=O)O)c1CN. The minimum Gasteiger partial charge on any atom is -0.476 e. The van der Waals surface area contributed by atoms with E-state index in [1.165, 1.54) is 4.68 Å². The van der Waals surface area contributed by atoms with Gasteiger partial charge in [0.2, 0.25) is 5.91 Å². The molecule has 1 aromatic rings. The highest BCUT2D eigenvalue weighted by atomic mass is 16.4. The van der Waals surface area contributed by atoms with Crippen LogP contribution in [-0.2, 0) is 17.9 Å². The van der Waals surface area contributed by atoms with Gasteiger partial charge >= 0.3 is 5.97 Å². The molecule has 0 aliphatic rings. The van der Waals surface area contributed by atoms with Crippen LogP contribution in [0.2, 0.25) is 0 Å². The number of hydrogen-bond donors (Lipinski definition) is 3. The standard InChI is InChI=1S/C11H19N5O3/c1-4-11(2,3)13-8(17)6-16-7(5-12)9(10(18)19)14-15-16/h4-6,12H2,1-3H3,(H,13,17)(H,18,19). The maximum Gasteiger partial charge on any atom is 0.358 e. The molecule has 0 aromatic carbocycles. The Morgan fingerprint density at radius 3 is 2.58 bits per heavy atom. The first kappa shape index (κ1) is 15.1. The van der Waals surface area contributed by atoms with E-state index in [1.54, 1.807) is 0 Å². The summed E-state index contributed by atoms with van der Waals surface area (Å²) in [6.07, 6.45) is 0.778. The van der Waals surface area contributed by atoms with Crippen molar-refractivity contribution in [2.24, 2.45) is 5.73 Å². The van der Waals surface area contributed by atoms with E-state index in [9.17, 15) is 9.59 Å². The first-order valence-electron chi connectivity index (χ1n) is 5.97. The van der Waals surface area contributed by atoms with E-state index in [2.05, 4.69) is 15.6 Å². The Balaban J connectivity index is 2.83. The lowest BCUT2D eigenvalue weighted by Gasteiger charge is -2.24. The predicted molar refractivity (Wildman–Crippen MR) is 67.4 cm³/mol. The molecular formula is C11H19N5O3. The molecular weight excluding hydrogens is 250 g/mol. The van der Waals surface area contributed by atoms with E-state index < -0.39 is 5.97 Å². The molecule has 106 valence electrons. The van der Waals surface area contributed by atoms with Gasteiger partial charge in [0.25, 0.3) is 0 Å². The van der Waals surface area contributed by atoms with Crippen molar-refractivity contribution in [2.45, 2.75) is 45.8 Å². The highest BCUT2D eigenvalue weighted by Gasteiger charge is 2.22. The highest BCUT2D eigenvalue weighted by molar-refractivity contribution is 5.86. The Morgan fingerprint density at radius 2 is 2.11 bits per heavy atom. The second-order valence-electron chi connectivity index (χ2n) is 4.84. The maximum atomic E-state index is 11.8. The first-order chi connectivity index (χ1) is 8.80. The number of carboxylic acid groups (broad SMARTS) is 1. The summed E-state index contributed by atoms with van der Waals surface area (Å²) in [5.74, 6) is -1.47. The number of aromatic carboxylic acids is 1. The zero-order chi connectivity index (χ0) is 14.6. The van der Waals surface area contributed by atoms with Gasteiger partial charge in [-0.15, -0.1) is 5.10 Å². The number of amides is 1. The minimum atomic E-state index is -1.21. The van der Waals surface area contributed by atoms with E-state index in [4.69, 9.17) is 10.8 Å². The van der Waals surface area contributed by atoms with Crippen molar-refractivity contribution in [1.29, 1.82) is 0 Å². The van der Waals surface area contributed by atoms with Gasteiger partial charge in [0.05, 0.1) is 5.69 Å². The van der Waals surface area contributed by atoms with Crippen LogP contribution in [0.4, 0.5) is 0 Å². The Labute approximate surface area is 111 Å².